The normalized spacial score (nSPS) is 12.3. The molecule has 9 aromatic carbocycles. The largest absolute Gasteiger partial charge is 0.454 e. The fraction of sp³-hybridized carbons (Fsp3) is 0. The van der Waals surface area contributed by atoms with Crippen LogP contribution in [0.2, 0.25) is 5.15 Å². The molecule has 0 atom stereocenters. The Morgan fingerprint density at radius 3 is 1.92 bits per heavy atom. The molecule has 7 heteroatoms. The van der Waals surface area contributed by atoms with Gasteiger partial charge in [0.05, 0.1) is 22.1 Å². The SMILES string of the molecule is Clc1nc2oc3ccccc3c2nc1-n1c2ccccc2c2c3ccccc3c3c(oc4ccc5cc(-c6ccc7c(c6)c6ccccc6n7-c6ccccc6)ccc5c43)c21. The molecule has 0 aliphatic rings. The van der Waals surface area contributed by atoms with Crippen molar-refractivity contribution in [2.45, 2.75) is 0 Å². The molecule has 0 aliphatic carbocycles. The fourth-order valence-corrected chi connectivity index (χ4v) is 10.2. The first-order valence-electron chi connectivity index (χ1n) is 20.3. The van der Waals surface area contributed by atoms with Crippen LogP contribution in [0.3, 0.4) is 0 Å². The first kappa shape index (κ1) is 33.0. The number of hydrogen-bond donors (Lipinski definition) is 0. The number of nitrogens with zero attached hydrogens (tertiary/aromatic N) is 4. The smallest absolute Gasteiger partial charge is 0.247 e. The summed E-state index contributed by atoms with van der Waals surface area (Å²) in [7, 11) is 0. The lowest BCUT2D eigenvalue weighted by atomic mass is 9.95. The molecule has 14 aromatic rings. The summed E-state index contributed by atoms with van der Waals surface area (Å²) in [6.45, 7) is 0. The van der Waals surface area contributed by atoms with Gasteiger partial charge in [-0.2, -0.15) is 4.98 Å². The van der Waals surface area contributed by atoms with E-state index in [1.807, 2.05) is 30.3 Å². The highest BCUT2D eigenvalue weighted by Crippen LogP contribution is 2.48. The Labute approximate surface area is 351 Å². The number of furan rings is 2. The van der Waals surface area contributed by atoms with Crippen molar-refractivity contribution in [1.82, 2.24) is 19.1 Å². The average Bonchev–Trinajstić information content (AvgIpc) is 4.06. The molecular weight excluding hydrogens is 772 g/mol. The molecule has 0 radical (unpaired) electrons. The van der Waals surface area contributed by atoms with E-state index in [1.54, 1.807) is 0 Å². The van der Waals surface area contributed by atoms with Gasteiger partial charge in [-0.05, 0) is 93.3 Å². The van der Waals surface area contributed by atoms with Crippen molar-refractivity contribution in [3.05, 3.63) is 181 Å². The van der Waals surface area contributed by atoms with Gasteiger partial charge in [-0.25, -0.2) is 4.98 Å². The molecule has 284 valence electrons. The lowest BCUT2D eigenvalue weighted by molar-refractivity contribution is 0.652. The molecule has 5 heterocycles. The number of benzene rings is 9. The van der Waals surface area contributed by atoms with Crippen molar-refractivity contribution in [3.8, 4) is 22.6 Å². The number of fused-ring (bicyclic) bond motifs is 18. The Morgan fingerprint density at radius 2 is 1.08 bits per heavy atom. The molecule has 0 spiro atoms. The van der Waals surface area contributed by atoms with Crippen LogP contribution in [-0.2, 0) is 0 Å². The van der Waals surface area contributed by atoms with Gasteiger partial charge in [-0.3, -0.25) is 4.57 Å². The standard InChI is InChI=1S/C54H29ClN4O2/c55-52-53(56-49-39-18-8-11-21-44(39)61-54(49)57-52)59-42-20-10-7-17-38(42)46-36-15-4-5-16-37(36)48-47-34-25-22-30(28-32(34)24-27-45(47)60-51(48)50(46)59)31-23-26-43-40(29-31)35-14-6-9-19-41(35)58(43)33-12-2-1-3-13-33/h1-29H. The third kappa shape index (κ3) is 4.46. The Balaban J connectivity index is 1.03. The molecule has 0 bridgehead atoms. The molecule has 0 saturated heterocycles. The summed E-state index contributed by atoms with van der Waals surface area (Å²) in [6.07, 6.45) is 0. The van der Waals surface area contributed by atoms with Gasteiger partial charge in [-0.15, -0.1) is 0 Å². The summed E-state index contributed by atoms with van der Waals surface area (Å²) < 4.78 is 17.6. The van der Waals surface area contributed by atoms with Crippen LogP contribution in [0.5, 0.6) is 0 Å². The number of halogens is 1. The van der Waals surface area contributed by atoms with Gasteiger partial charge in [0.2, 0.25) is 5.71 Å². The van der Waals surface area contributed by atoms with Gasteiger partial charge in [0.25, 0.3) is 0 Å². The second-order valence-corrected chi connectivity index (χ2v) is 16.2. The second-order valence-electron chi connectivity index (χ2n) is 15.8. The van der Waals surface area contributed by atoms with Crippen LogP contribution in [0, 0.1) is 0 Å². The molecular formula is C54H29ClN4O2. The highest BCUT2D eigenvalue weighted by molar-refractivity contribution is 6.38. The minimum atomic E-state index is 0.243. The van der Waals surface area contributed by atoms with Crippen LogP contribution in [0.15, 0.2) is 185 Å². The molecule has 0 unspecified atom stereocenters. The van der Waals surface area contributed by atoms with Crippen molar-refractivity contribution in [2.24, 2.45) is 0 Å². The fourth-order valence-electron chi connectivity index (χ4n) is 10.0. The molecule has 0 N–H and O–H groups in total. The topological polar surface area (TPSA) is 61.9 Å². The average molecular weight is 801 g/mol. The van der Waals surface area contributed by atoms with E-state index in [0.717, 1.165) is 81.9 Å². The zero-order valence-corrected chi connectivity index (χ0v) is 33.0. The van der Waals surface area contributed by atoms with Gasteiger partial charge in [-0.1, -0.05) is 127 Å². The van der Waals surface area contributed by atoms with Crippen LogP contribution >= 0.6 is 11.6 Å². The van der Waals surface area contributed by atoms with Crippen molar-refractivity contribution in [2.75, 3.05) is 0 Å². The Bertz CT molecular complexity index is 4190. The van der Waals surface area contributed by atoms with Crippen molar-refractivity contribution in [3.63, 3.8) is 0 Å². The summed E-state index contributed by atoms with van der Waals surface area (Å²) in [5.74, 6) is 0.516. The lowest BCUT2D eigenvalue weighted by Crippen LogP contribution is -2.00. The van der Waals surface area contributed by atoms with E-state index >= 15 is 0 Å². The zero-order valence-electron chi connectivity index (χ0n) is 32.2. The number of para-hydroxylation sites is 4. The van der Waals surface area contributed by atoms with E-state index in [4.69, 9.17) is 30.4 Å². The molecule has 0 aliphatic heterocycles. The number of aromatic nitrogens is 4. The summed E-state index contributed by atoms with van der Waals surface area (Å²) in [5, 5.41) is 12.4. The highest BCUT2D eigenvalue weighted by atomic mass is 35.5. The predicted octanol–water partition coefficient (Wildman–Crippen LogP) is 15.1. The summed E-state index contributed by atoms with van der Waals surface area (Å²) in [6, 6.07) is 62.1. The molecule has 0 saturated carbocycles. The van der Waals surface area contributed by atoms with E-state index in [0.29, 0.717) is 22.6 Å². The number of rotatable bonds is 3. The summed E-state index contributed by atoms with van der Waals surface area (Å²) >= 11 is 7.12. The third-order valence-corrected chi connectivity index (χ3v) is 12.9. The Hall–Kier alpha value is -7.93. The van der Waals surface area contributed by atoms with Crippen LogP contribution < -0.4 is 0 Å². The van der Waals surface area contributed by atoms with Crippen LogP contribution in [-0.4, -0.2) is 19.1 Å². The molecule has 5 aromatic heterocycles. The molecule has 0 amide bonds. The summed E-state index contributed by atoms with van der Waals surface area (Å²) in [5.41, 5.74) is 11.1. The van der Waals surface area contributed by atoms with Crippen LogP contribution in [0.4, 0.5) is 0 Å². The maximum Gasteiger partial charge on any atom is 0.247 e. The Kier molecular flexibility index (Phi) is 6.52. The predicted molar refractivity (Wildman–Crippen MR) is 251 cm³/mol. The molecule has 6 nitrogen and oxygen atoms in total. The van der Waals surface area contributed by atoms with E-state index in [2.05, 4.69) is 155 Å². The first-order chi connectivity index (χ1) is 30.2. The maximum absolute atomic E-state index is 7.12. The van der Waals surface area contributed by atoms with E-state index in [1.165, 1.54) is 27.4 Å². The molecule has 61 heavy (non-hydrogen) atoms. The van der Waals surface area contributed by atoms with Crippen LogP contribution in [0.25, 0.3) is 132 Å². The Morgan fingerprint density at radius 1 is 0.426 bits per heavy atom. The molecule has 14 rings (SSSR count). The number of hydrogen-bond acceptors (Lipinski definition) is 4. The minimum Gasteiger partial charge on any atom is -0.454 e. The van der Waals surface area contributed by atoms with Gasteiger partial charge in [0.1, 0.15) is 16.7 Å². The highest BCUT2D eigenvalue weighted by Gasteiger charge is 2.26. The molecule has 0 fully saturated rings. The minimum absolute atomic E-state index is 0.243. The van der Waals surface area contributed by atoms with Crippen molar-refractivity contribution >= 4 is 121 Å². The van der Waals surface area contributed by atoms with E-state index < -0.39 is 0 Å². The quantitative estimate of drug-likeness (QED) is 0.179. The van der Waals surface area contributed by atoms with Gasteiger partial charge in [0.15, 0.2) is 16.6 Å². The first-order valence-corrected chi connectivity index (χ1v) is 20.7. The van der Waals surface area contributed by atoms with E-state index in [-0.39, 0.29) is 5.15 Å². The van der Waals surface area contributed by atoms with Gasteiger partial charge in [0, 0.05) is 43.4 Å². The maximum atomic E-state index is 7.12. The monoisotopic (exact) mass is 800 g/mol. The lowest BCUT2D eigenvalue weighted by Gasteiger charge is -2.10. The van der Waals surface area contributed by atoms with E-state index in [9.17, 15) is 0 Å². The summed E-state index contributed by atoms with van der Waals surface area (Å²) in [4.78, 5) is 9.99. The van der Waals surface area contributed by atoms with Gasteiger partial charge < -0.3 is 13.4 Å². The van der Waals surface area contributed by atoms with Crippen LogP contribution in [0.1, 0.15) is 0 Å². The second kappa shape index (κ2) is 12.1. The van der Waals surface area contributed by atoms with Crippen molar-refractivity contribution < 1.29 is 8.83 Å². The van der Waals surface area contributed by atoms with Gasteiger partial charge >= 0.3 is 0 Å². The van der Waals surface area contributed by atoms with Crippen molar-refractivity contribution in [1.29, 1.82) is 0 Å². The third-order valence-electron chi connectivity index (χ3n) is 12.6. The zero-order chi connectivity index (χ0) is 39.9.